The van der Waals surface area contributed by atoms with E-state index < -0.39 is 11.5 Å². The van der Waals surface area contributed by atoms with Crippen molar-refractivity contribution < 1.29 is 9.90 Å². The molecular formula is C15H28N2O2. The Kier molecular flexibility index (Phi) is 4.85. The molecule has 1 aliphatic heterocycles. The zero-order valence-corrected chi connectivity index (χ0v) is 12.3. The summed E-state index contributed by atoms with van der Waals surface area (Å²) >= 11 is 0. The molecule has 0 aromatic heterocycles. The van der Waals surface area contributed by atoms with Crippen LogP contribution in [-0.4, -0.2) is 48.2 Å². The van der Waals surface area contributed by atoms with Gasteiger partial charge in [0.2, 0.25) is 0 Å². The highest BCUT2D eigenvalue weighted by atomic mass is 16.4. The fraction of sp³-hybridized carbons (Fsp3) is 0.933. The first kappa shape index (κ1) is 14.8. The molecule has 0 aromatic rings. The van der Waals surface area contributed by atoms with Gasteiger partial charge in [-0.05, 0) is 51.6 Å². The Morgan fingerprint density at radius 1 is 1.32 bits per heavy atom. The number of aliphatic carboxylic acids is 1. The van der Waals surface area contributed by atoms with Crippen LogP contribution in [0.1, 0.15) is 45.4 Å². The van der Waals surface area contributed by atoms with Gasteiger partial charge in [0.1, 0.15) is 5.54 Å². The minimum absolute atomic E-state index is 0.677. The number of piperidine rings is 1. The Hall–Kier alpha value is -0.610. The van der Waals surface area contributed by atoms with Crippen LogP contribution < -0.4 is 5.32 Å². The fourth-order valence-electron chi connectivity index (χ4n) is 3.60. The number of carboxylic acid groups (broad SMARTS) is 1. The summed E-state index contributed by atoms with van der Waals surface area (Å²) < 4.78 is 0. The van der Waals surface area contributed by atoms with Gasteiger partial charge in [0.05, 0.1) is 0 Å². The van der Waals surface area contributed by atoms with E-state index in [0.29, 0.717) is 6.42 Å². The van der Waals surface area contributed by atoms with Crippen molar-refractivity contribution in [1.82, 2.24) is 10.2 Å². The molecule has 2 aliphatic rings. The molecule has 4 heteroatoms. The van der Waals surface area contributed by atoms with Crippen LogP contribution in [0.25, 0.3) is 0 Å². The number of likely N-dealkylation sites (N-methyl/N-ethyl adjacent to an activating group) is 1. The van der Waals surface area contributed by atoms with Gasteiger partial charge in [-0.15, -0.1) is 0 Å². The molecule has 3 unspecified atom stereocenters. The third-order valence-electron chi connectivity index (χ3n) is 5.33. The third-order valence-corrected chi connectivity index (χ3v) is 5.33. The molecule has 0 aromatic carbocycles. The maximum atomic E-state index is 11.3. The van der Waals surface area contributed by atoms with Crippen LogP contribution in [0.4, 0.5) is 0 Å². The predicted octanol–water partition coefficient (Wildman–Crippen LogP) is 1.95. The van der Waals surface area contributed by atoms with Gasteiger partial charge < -0.3 is 15.3 Å². The number of carbonyl (C=O) groups is 1. The van der Waals surface area contributed by atoms with Crippen molar-refractivity contribution in [3.05, 3.63) is 0 Å². The Bertz CT molecular complexity index is 321. The molecule has 110 valence electrons. The summed E-state index contributed by atoms with van der Waals surface area (Å²) in [5, 5.41) is 12.2. The average Bonchev–Trinajstić information content (AvgIpc) is 2.44. The summed E-state index contributed by atoms with van der Waals surface area (Å²) in [4.78, 5) is 13.7. The quantitative estimate of drug-likeness (QED) is 0.800. The van der Waals surface area contributed by atoms with Gasteiger partial charge in [0, 0.05) is 13.1 Å². The van der Waals surface area contributed by atoms with Crippen molar-refractivity contribution in [3.63, 3.8) is 0 Å². The monoisotopic (exact) mass is 268 g/mol. The lowest BCUT2D eigenvalue weighted by molar-refractivity contribution is -0.144. The smallest absolute Gasteiger partial charge is 0.323 e. The highest BCUT2D eigenvalue weighted by molar-refractivity contribution is 5.78. The summed E-state index contributed by atoms with van der Waals surface area (Å²) in [7, 11) is 1.74. The topological polar surface area (TPSA) is 52.6 Å². The van der Waals surface area contributed by atoms with E-state index in [1.54, 1.807) is 14.0 Å². The van der Waals surface area contributed by atoms with Gasteiger partial charge in [-0.1, -0.05) is 19.3 Å². The molecule has 0 bridgehead atoms. The van der Waals surface area contributed by atoms with Crippen molar-refractivity contribution in [3.8, 4) is 0 Å². The highest BCUT2D eigenvalue weighted by Crippen LogP contribution is 2.36. The minimum atomic E-state index is -0.788. The van der Waals surface area contributed by atoms with Crippen LogP contribution >= 0.6 is 0 Å². The lowest BCUT2D eigenvalue weighted by Gasteiger charge is -2.42. The normalized spacial score (nSPS) is 31.5. The summed E-state index contributed by atoms with van der Waals surface area (Å²) in [6.07, 6.45) is 7.59. The summed E-state index contributed by atoms with van der Waals surface area (Å²) in [5.41, 5.74) is -0.788. The van der Waals surface area contributed by atoms with E-state index in [1.165, 1.54) is 38.6 Å². The number of hydrogen-bond acceptors (Lipinski definition) is 3. The molecule has 19 heavy (non-hydrogen) atoms. The number of nitrogens with zero attached hydrogens (tertiary/aromatic N) is 1. The minimum Gasteiger partial charge on any atom is -0.480 e. The Morgan fingerprint density at radius 2 is 2.00 bits per heavy atom. The van der Waals surface area contributed by atoms with Crippen molar-refractivity contribution in [1.29, 1.82) is 0 Å². The van der Waals surface area contributed by atoms with Gasteiger partial charge in [-0.2, -0.15) is 0 Å². The van der Waals surface area contributed by atoms with E-state index >= 15 is 0 Å². The second kappa shape index (κ2) is 6.23. The first-order valence-corrected chi connectivity index (χ1v) is 7.70. The van der Waals surface area contributed by atoms with E-state index in [2.05, 4.69) is 10.2 Å². The van der Waals surface area contributed by atoms with Gasteiger partial charge >= 0.3 is 5.97 Å². The number of likely N-dealkylation sites (tertiary alicyclic amines) is 1. The van der Waals surface area contributed by atoms with Crippen LogP contribution in [-0.2, 0) is 4.79 Å². The molecule has 4 nitrogen and oxygen atoms in total. The van der Waals surface area contributed by atoms with E-state index in [9.17, 15) is 9.90 Å². The highest BCUT2D eigenvalue weighted by Gasteiger charge is 2.34. The predicted molar refractivity (Wildman–Crippen MR) is 76.2 cm³/mol. The third kappa shape index (κ3) is 3.48. The Morgan fingerprint density at radius 3 is 2.63 bits per heavy atom. The largest absolute Gasteiger partial charge is 0.480 e. The molecule has 3 atom stereocenters. The van der Waals surface area contributed by atoms with E-state index in [0.717, 1.165) is 24.9 Å². The zero-order chi connectivity index (χ0) is 13.9. The summed E-state index contributed by atoms with van der Waals surface area (Å²) in [5.74, 6) is 1.07. The zero-order valence-electron chi connectivity index (χ0n) is 12.3. The van der Waals surface area contributed by atoms with Crippen molar-refractivity contribution in [2.24, 2.45) is 11.8 Å². The Balaban J connectivity index is 1.82. The second-order valence-corrected chi connectivity index (χ2v) is 6.53. The van der Waals surface area contributed by atoms with Crippen LogP contribution in [0.2, 0.25) is 0 Å². The lowest BCUT2D eigenvalue weighted by atomic mass is 9.75. The van der Waals surface area contributed by atoms with Crippen LogP contribution in [0.15, 0.2) is 0 Å². The van der Waals surface area contributed by atoms with E-state index in [-0.39, 0.29) is 0 Å². The molecule has 1 heterocycles. The number of rotatable bonds is 5. The first-order valence-electron chi connectivity index (χ1n) is 7.70. The van der Waals surface area contributed by atoms with E-state index in [4.69, 9.17) is 0 Å². The number of fused-ring (bicyclic) bond motifs is 1. The molecule has 0 amide bonds. The second-order valence-electron chi connectivity index (χ2n) is 6.53. The molecule has 2 fully saturated rings. The van der Waals surface area contributed by atoms with Crippen LogP contribution in [0.5, 0.6) is 0 Å². The summed E-state index contributed by atoms with van der Waals surface area (Å²) in [6.45, 7) is 5.01. The molecule has 2 rings (SSSR count). The van der Waals surface area contributed by atoms with Crippen molar-refractivity contribution >= 4 is 5.97 Å². The van der Waals surface area contributed by atoms with Gasteiger partial charge in [-0.25, -0.2) is 0 Å². The molecule has 1 saturated heterocycles. The first-order chi connectivity index (χ1) is 9.05. The van der Waals surface area contributed by atoms with Gasteiger partial charge in [-0.3, -0.25) is 4.79 Å². The SMILES string of the molecule is CNC(C)(CCN1CCC2CCCCC2C1)C(=O)O. The van der Waals surface area contributed by atoms with E-state index in [1.807, 2.05) is 0 Å². The number of carboxylic acids is 1. The fourth-order valence-corrected chi connectivity index (χ4v) is 3.60. The average molecular weight is 268 g/mol. The number of hydrogen-bond donors (Lipinski definition) is 2. The number of nitrogens with one attached hydrogen (secondary N) is 1. The molecular weight excluding hydrogens is 240 g/mol. The van der Waals surface area contributed by atoms with Crippen molar-refractivity contribution in [2.45, 2.75) is 51.0 Å². The summed E-state index contributed by atoms with van der Waals surface area (Å²) in [6, 6.07) is 0. The lowest BCUT2D eigenvalue weighted by Crippen LogP contribution is -2.51. The van der Waals surface area contributed by atoms with Crippen LogP contribution in [0, 0.1) is 11.8 Å². The maximum absolute atomic E-state index is 11.3. The maximum Gasteiger partial charge on any atom is 0.323 e. The molecule has 0 radical (unpaired) electrons. The van der Waals surface area contributed by atoms with Crippen molar-refractivity contribution in [2.75, 3.05) is 26.7 Å². The Labute approximate surface area is 116 Å². The van der Waals surface area contributed by atoms with Crippen LogP contribution in [0.3, 0.4) is 0 Å². The molecule has 1 saturated carbocycles. The molecule has 1 aliphatic carbocycles. The molecule has 2 N–H and O–H groups in total. The van der Waals surface area contributed by atoms with Gasteiger partial charge in [0.15, 0.2) is 0 Å². The van der Waals surface area contributed by atoms with Gasteiger partial charge in [0.25, 0.3) is 0 Å². The standard InChI is InChI=1S/C15H28N2O2/c1-15(16-2,14(18)19)8-10-17-9-7-12-5-3-4-6-13(12)11-17/h12-13,16H,3-11H2,1-2H3,(H,18,19). The molecule has 0 spiro atoms.